The molecular formula is C16H22F3NO. The van der Waals surface area contributed by atoms with E-state index in [9.17, 15) is 18.3 Å². The quantitative estimate of drug-likeness (QED) is 0.884. The normalized spacial score (nSPS) is 23.2. The second-order valence-corrected chi connectivity index (χ2v) is 6.48. The Morgan fingerprint density at radius 3 is 2.67 bits per heavy atom. The van der Waals surface area contributed by atoms with Gasteiger partial charge >= 0.3 is 6.18 Å². The average Bonchev–Trinajstić information content (AvgIpc) is 2.74. The summed E-state index contributed by atoms with van der Waals surface area (Å²) in [5.41, 5.74) is -0.249. The molecule has 1 aliphatic rings. The summed E-state index contributed by atoms with van der Waals surface area (Å²) in [5.74, 6) is 0. The molecule has 2 nitrogen and oxygen atoms in total. The van der Waals surface area contributed by atoms with Crippen LogP contribution in [-0.2, 0) is 6.18 Å². The molecule has 0 aromatic heterocycles. The Morgan fingerprint density at radius 1 is 1.38 bits per heavy atom. The third kappa shape index (κ3) is 3.98. The van der Waals surface area contributed by atoms with Gasteiger partial charge in [0, 0.05) is 12.6 Å². The zero-order valence-electron chi connectivity index (χ0n) is 12.4. The van der Waals surface area contributed by atoms with Crippen LogP contribution < -0.4 is 5.32 Å². The number of hydrogen-bond acceptors (Lipinski definition) is 2. The summed E-state index contributed by atoms with van der Waals surface area (Å²) < 4.78 is 38.0. The molecule has 0 saturated heterocycles. The lowest BCUT2D eigenvalue weighted by Gasteiger charge is -2.29. The Balaban J connectivity index is 1.99. The minimum absolute atomic E-state index is 0.174. The van der Waals surface area contributed by atoms with E-state index in [1.54, 1.807) is 0 Å². The molecule has 118 valence electrons. The molecule has 0 aliphatic heterocycles. The fourth-order valence-electron chi connectivity index (χ4n) is 3.00. The van der Waals surface area contributed by atoms with Gasteiger partial charge in [-0.2, -0.15) is 13.2 Å². The Labute approximate surface area is 123 Å². The molecule has 0 bridgehead atoms. The molecule has 0 radical (unpaired) electrons. The van der Waals surface area contributed by atoms with Gasteiger partial charge in [-0.3, -0.25) is 0 Å². The first-order chi connectivity index (χ1) is 9.70. The van der Waals surface area contributed by atoms with Crippen LogP contribution in [0.1, 0.15) is 50.3 Å². The first-order valence-corrected chi connectivity index (χ1v) is 7.29. The molecule has 1 aromatic rings. The lowest BCUT2D eigenvalue weighted by molar-refractivity contribution is -0.137. The van der Waals surface area contributed by atoms with Gasteiger partial charge in [0.2, 0.25) is 0 Å². The molecule has 2 rings (SSSR count). The Kier molecular flexibility index (Phi) is 4.63. The van der Waals surface area contributed by atoms with Crippen LogP contribution in [0.3, 0.4) is 0 Å². The number of aliphatic hydroxyl groups excluding tert-OH is 1. The number of halogens is 3. The van der Waals surface area contributed by atoms with Crippen LogP contribution >= 0.6 is 0 Å². The van der Waals surface area contributed by atoms with E-state index >= 15 is 0 Å². The van der Waals surface area contributed by atoms with Crippen LogP contribution in [0.2, 0.25) is 0 Å². The second-order valence-electron chi connectivity index (χ2n) is 6.48. The van der Waals surface area contributed by atoms with Gasteiger partial charge in [-0.05, 0) is 36.0 Å². The van der Waals surface area contributed by atoms with Crippen molar-refractivity contribution in [2.45, 2.75) is 51.4 Å². The van der Waals surface area contributed by atoms with Crippen molar-refractivity contribution in [3.05, 3.63) is 35.4 Å². The largest absolute Gasteiger partial charge is 0.416 e. The van der Waals surface area contributed by atoms with Gasteiger partial charge in [0.05, 0.1) is 11.7 Å². The highest BCUT2D eigenvalue weighted by molar-refractivity contribution is 5.27. The van der Waals surface area contributed by atoms with E-state index in [0.29, 0.717) is 11.6 Å². The van der Waals surface area contributed by atoms with Gasteiger partial charge in [-0.15, -0.1) is 0 Å². The van der Waals surface area contributed by atoms with Crippen LogP contribution in [0.5, 0.6) is 0 Å². The standard InChI is InChI=1S/C16H22F3NO/c1-15(2)8-4-7-14(15)20-10-13(21)11-5-3-6-12(9-11)16(17,18)19/h3,5-6,9,13-14,20-21H,4,7-8,10H2,1-2H3. The Hall–Kier alpha value is -1.07. The summed E-state index contributed by atoms with van der Waals surface area (Å²) in [6.45, 7) is 4.62. The van der Waals surface area contributed by atoms with Gasteiger partial charge in [-0.1, -0.05) is 32.4 Å². The molecule has 2 unspecified atom stereocenters. The highest BCUT2D eigenvalue weighted by atomic mass is 19.4. The van der Waals surface area contributed by atoms with Gasteiger partial charge in [-0.25, -0.2) is 0 Å². The zero-order valence-corrected chi connectivity index (χ0v) is 12.4. The molecule has 0 amide bonds. The topological polar surface area (TPSA) is 32.3 Å². The van der Waals surface area contributed by atoms with Crippen LogP contribution in [0, 0.1) is 5.41 Å². The summed E-state index contributed by atoms with van der Waals surface area (Å²) in [6.07, 6.45) is -1.99. The van der Waals surface area contributed by atoms with Gasteiger partial charge in [0.15, 0.2) is 0 Å². The molecule has 5 heteroatoms. The summed E-state index contributed by atoms with van der Waals surface area (Å²) in [4.78, 5) is 0. The van der Waals surface area contributed by atoms with E-state index in [4.69, 9.17) is 0 Å². The summed E-state index contributed by atoms with van der Waals surface area (Å²) in [5, 5.41) is 13.4. The van der Waals surface area contributed by atoms with Crippen molar-refractivity contribution in [3.63, 3.8) is 0 Å². The summed E-state index contributed by atoms with van der Waals surface area (Å²) in [7, 11) is 0. The molecule has 1 aliphatic carbocycles. The molecule has 21 heavy (non-hydrogen) atoms. The van der Waals surface area contributed by atoms with Gasteiger partial charge in [0.1, 0.15) is 0 Å². The smallest absolute Gasteiger partial charge is 0.387 e. The Bertz CT molecular complexity index is 485. The molecule has 2 N–H and O–H groups in total. The molecule has 0 heterocycles. The van der Waals surface area contributed by atoms with E-state index in [-0.39, 0.29) is 12.0 Å². The molecule has 0 spiro atoms. The lowest BCUT2D eigenvalue weighted by atomic mass is 9.87. The molecular weight excluding hydrogens is 279 g/mol. The van der Waals surface area contributed by atoms with Crippen molar-refractivity contribution in [2.75, 3.05) is 6.54 Å². The fraction of sp³-hybridized carbons (Fsp3) is 0.625. The van der Waals surface area contributed by atoms with Gasteiger partial charge < -0.3 is 10.4 Å². The van der Waals surface area contributed by atoms with Crippen molar-refractivity contribution in [2.24, 2.45) is 5.41 Å². The number of aliphatic hydroxyl groups is 1. The van der Waals surface area contributed by atoms with E-state index in [2.05, 4.69) is 19.2 Å². The maximum Gasteiger partial charge on any atom is 0.416 e. The number of rotatable bonds is 4. The molecule has 1 saturated carbocycles. The fourth-order valence-corrected chi connectivity index (χ4v) is 3.00. The van der Waals surface area contributed by atoms with E-state index in [1.165, 1.54) is 12.1 Å². The van der Waals surface area contributed by atoms with Crippen molar-refractivity contribution in [1.82, 2.24) is 5.32 Å². The number of benzene rings is 1. The molecule has 1 aromatic carbocycles. The predicted octanol–water partition coefficient (Wildman–Crippen LogP) is 3.91. The first-order valence-electron chi connectivity index (χ1n) is 7.29. The zero-order chi connectivity index (χ0) is 15.7. The van der Waals surface area contributed by atoms with E-state index in [0.717, 1.165) is 31.4 Å². The number of hydrogen-bond donors (Lipinski definition) is 2. The summed E-state index contributed by atoms with van der Waals surface area (Å²) in [6, 6.07) is 5.20. The maximum absolute atomic E-state index is 12.7. The third-order valence-electron chi connectivity index (χ3n) is 4.41. The summed E-state index contributed by atoms with van der Waals surface area (Å²) >= 11 is 0. The van der Waals surface area contributed by atoms with Crippen molar-refractivity contribution in [3.8, 4) is 0 Å². The van der Waals surface area contributed by atoms with Crippen LogP contribution in [0.25, 0.3) is 0 Å². The minimum atomic E-state index is -4.38. The second kappa shape index (κ2) is 5.97. The maximum atomic E-state index is 12.7. The molecule has 1 fully saturated rings. The van der Waals surface area contributed by atoms with E-state index < -0.39 is 17.8 Å². The third-order valence-corrected chi connectivity index (χ3v) is 4.41. The van der Waals surface area contributed by atoms with Crippen LogP contribution in [0.4, 0.5) is 13.2 Å². The van der Waals surface area contributed by atoms with Crippen molar-refractivity contribution >= 4 is 0 Å². The van der Waals surface area contributed by atoms with Crippen LogP contribution in [0.15, 0.2) is 24.3 Å². The first kappa shape index (κ1) is 16.3. The van der Waals surface area contributed by atoms with E-state index in [1.807, 2.05) is 0 Å². The minimum Gasteiger partial charge on any atom is -0.387 e. The van der Waals surface area contributed by atoms with Crippen molar-refractivity contribution < 1.29 is 18.3 Å². The van der Waals surface area contributed by atoms with Crippen molar-refractivity contribution in [1.29, 1.82) is 0 Å². The predicted molar refractivity (Wildman–Crippen MR) is 75.8 cm³/mol. The van der Waals surface area contributed by atoms with Crippen LogP contribution in [-0.4, -0.2) is 17.7 Å². The average molecular weight is 301 g/mol. The SMILES string of the molecule is CC1(C)CCCC1NCC(O)c1cccc(C(F)(F)F)c1. The highest BCUT2D eigenvalue weighted by Crippen LogP contribution is 2.37. The highest BCUT2D eigenvalue weighted by Gasteiger charge is 2.34. The lowest BCUT2D eigenvalue weighted by Crippen LogP contribution is -2.39. The number of alkyl halides is 3. The monoisotopic (exact) mass is 301 g/mol. The molecule has 2 atom stereocenters. The number of nitrogens with one attached hydrogen (secondary N) is 1. The van der Waals surface area contributed by atoms with Gasteiger partial charge in [0.25, 0.3) is 0 Å². The Morgan fingerprint density at radius 2 is 2.10 bits per heavy atom.